The molecule has 4 rings (SSSR count). The number of nitrogens with zero attached hydrogens (tertiary/aromatic N) is 4. The average molecular weight is 377 g/mol. The molecule has 7 heteroatoms. The second kappa shape index (κ2) is 7.72. The number of aromatic nitrogens is 3. The van der Waals surface area contributed by atoms with E-state index in [0.29, 0.717) is 17.8 Å². The van der Waals surface area contributed by atoms with E-state index in [1.807, 2.05) is 4.90 Å². The van der Waals surface area contributed by atoms with Crippen LogP contribution in [0.15, 0.2) is 55.0 Å². The molecule has 0 aliphatic carbocycles. The second-order valence-electron chi connectivity index (χ2n) is 6.78. The molecule has 0 unspecified atom stereocenters. The van der Waals surface area contributed by atoms with Gasteiger partial charge in [-0.3, -0.25) is 9.78 Å². The molecular weight excluding hydrogens is 357 g/mol. The lowest BCUT2D eigenvalue weighted by Crippen LogP contribution is -2.39. The third-order valence-electron chi connectivity index (χ3n) is 5.00. The highest BCUT2D eigenvalue weighted by molar-refractivity contribution is 5.94. The molecule has 0 radical (unpaired) electrons. The van der Waals surface area contributed by atoms with Gasteiger partial charge in [-0.1, -0.05) is 12.1 Å². The van der Waals surface area contributed by atoms with Crippen molar-refractivity contribution in [3.8, 4) is 11.1 Å². The van der Waals surface area contributed by atoms with Gasteiger partial charge < -0.3 is 10.6 Å². The molecule has 0 bridgehead atoms. The maximum absolute atomic E-state index is 13.4. The van der Waals surface area contributed by atoms with Crippen molar-refractivity contribution in [3.63, 3.8) is 0 Å². The Morgan fingerprint density at radius 2 is 1.86 bits per heavy atom. The van der Waals surface area contributed by atoms with Crippen LogP contribution in [0.2, 0.25) is 0 Å². The normalized spacial score (nSPS) is 16.8. The summed E-state index contributed by atoms with van der Waals surface area (Å²) in [5, 5.41) is 0. The van der Waals surface area contributed by atoms with Crippen molar-refractivity contribution in [1.82, 2.24) is 19.9 Å². The van der Waals surface area contributed by atoms with E-state index in [-0.39, 0.29) is 23.7 Å². The van der Waals surface area contributed by atoms with Crippen LogP contribution in [0.25, 0.3) is 11.1 Å². The zero-order valence-electron chi connectivity index (χ0n) is 15.3. The van der Waals surface area contributed by atoms with Crippen molar-refractivity contribution in [1.29, 1.82) is 0 Å². The van der Waals surface area contributed by atoms with E-state index >= 15 is 0 Å². The van der Waals surface area contributed by atoms with E-state index in [4.69, 9.17) is 5.73 Å². The molecule has 1 aromatic carbocycles. The van der Waals surface area contributed by atoms with E-state index in [9.17, 15) is 9.18 Å². The highest BCUT2D eigenvalue weighted by Crippen LogP contribution is 2.36. The third-order valence-corrected chi connectivity index (χ3v) is 5.00. The lowest BCUT2D eigenvalue weighted by molar-refractivity contribution is 0.0606. The van der Waals surface area contributed by atoms with Crippen molar-refractivity contribution in [3.05, 3.63) is 72.1 Å². The monoisotopic (exact) mass is 377 g/mol. The molecule has 0 spiro atoms. The Bertz CT molecular complexity index is 978. The van der Waals surface area contributed by atoms with E-state index in [2.05, 4.69) is 15.0 Å². The third kappa shape index (κ3) is 3.55. The molecule has 142 valence electrons. The van der Waals surface area contributed by atoms with Crippen LogP contribution in [0.5, 0.6) is 0 Å². The van der Waals surface area contributed by atoms with Crippen LogP contribution in [-0.4, -0.2) is 32.3 Å². The predicted molar refractivity (Wildman–Crippen MR) is 104 cm³/mol. The standard InChI is InChI=1S/C21H20FN5O/c22-16-6-4-14(5-7-16)17-13-25-21(23)26-19(17)18-3-1-2-12-27(18)20(28)15-8-10-24-11-9-15/h4-11,13,18H,1-3,12H2,(H2,23,25,26)/t18-/m0/s1. The number of halogens is 1. The van der Waals surface area contributed by atoms with Crippen molar-refractivity contribution in [2.45, 2.75) is 25.3 Å². The lowest BCUT2D eigenvalue weighted by atomic mass is 9.93. The van der Waals surface area contributed by atoms with Crippen LogP contribution >= 0.6 is 0 Å². The molecular formula is C21H20FN5O. The summed E-state index contributed by atoms with van der Waals surface area (Å²) in [6.07, 6.45) is 7.56. The molecule has 3 heterocycles. The minimum Gasteiger partial charge on any atom is -0.368 e. The number of carbonyl (C=O) groups is 1. The molecule has 1 aliphatic heterocycles. The minimum absolute atomic E-state index is 0.0608. The molecule has 2 aromatic heterocycles. The fourth-order valence-electron chi connectivity index (χ4n) is 3.63. The zero-order valence-corrected chi connectivity index (χ0v) is 15.3. The number of likely N-dealkylation sites (tertiary alicyclic amines) is 1. The molecule has 3 aromatic rings. The number of amides is 1. The Hall–Kier alpha value is -3.35. The van der Waals surface area contributed by atoms with Crippen molar-refractivity contribution in [2.75, 3.05) is 12.3 Å². The number of nitrogens with two attached hydrogens (primary N) is 1. The first kappa shape index (κ1) is 18.0. The highest BCUT2D eigenvalue weighted by Gasteiger charge is 2.31. The average Bonchev–Trinajstić information content (AvgIpc) is 2.74. The minimum atomic E-state index is -0.311. The summed E-state index contributed by atoms with van der Waals surface area (Å²) in [5.74, 6) is -0.217. The molecule has 1 aliphatic rings. The SMILES string of the molecule is Nc1ncc(-c2ccc(F)cc2)c([C@@H]2CCCCN2C(=O)c2ccncc2)n1. The number of pyridine rings is 1. The first-order chi connectivity index (χ1) is 13.6. The topological polar surface area (TPSA) is 85.0 Å². The summed E-state index contributed by atoms with van der Waals surface area (Å²) in [7, 11) is 0. The number of rotatable bonds is 3. The summed E-state index contributed by atoms with van der Waals surface area (Å²) >= 11 is 0. The van der Waals surface area contributed by atoms with Gasteiger partial charge in [0.25, 0.3) is 5.91 Å². The van der Waals surface area contributed by atoms with Gasteiger partial charge in [-0.05, 0) is 49.1 Å². The first-order valence-corrected chi connectivity index (χ1v) is 9.23. The number of piperidine rings is 1. The molecule has 1 saturated heterocycles. The van der Waals surface area contributed by atoms with Crippen molar-refractivity contribution in [2.24, 2.45) is 0 Å². The van der Waals surface area contributed by atoms with Gasteiger partial charge in [0.1, 0.15) is 5.82 Å². The summed E-state index contributed by atoms with van der Waals surface area (Å²) in [6.45, 7) is 0.637. The van der Waals surface area contributed by atoms with E-state index in [1.54, 1.807) is 42.9 Å². The first-order valence-electron chi connectivity index (χ1n) is 9.23. The highest BCUT2D eigenvalue weighted by atomic mass is 19.1. The molecule has 2 N–H and O–H groups in total. The van der Waals surface area contributed by atoms with E-state index in [0.717, 1.165) is 30.4 Å². The Kier molecular flexibility index (Phi) is 4.97. The van der Waals surface area contributed by atoms with Gasteiger partial charge in [-0.15, -0.1) is 0 Å². The fraction of sp³-hybridized carbons (Fsp3) is 0.238. The summed E-state index contributed by atoms with van der Waals surface area (Å²) in [6, 6.07) is 9.37. The quantitative estimate of drug-likeness (QED) is 0.753. The largest absolute Gasteiger partial charge is 0.368 e. The predicted octanol–water partition coefficient (Wildman–Crippen LogP) is 3.63. The van der Waals surface area contributed by atoms with Crippen LogP contribution in [0, 0.1) is 5.82 Å². The van der Waals surface area contributed by atoms with E-state index in [1.165, 1.54) is 12.1 Å². The van der Waals surface area contributed by atoms with Crippen LogP contribution < -0.4 is 5.73 Å². The summed E-state index contributed by atoms with van der Waals surface area (Å²) in [5.41, 5.74) is 8.71. The fourth-order valence-corrected chi connectivity index (χ4v) is 3.63. The van der Waals surface area contributed by atoms with Gasteiger partial charge >= 0.3 is 0 Å². The van der Waals surface area contributed by atoms with Gasteiger partial charge in [0.2, 0.25) is 5.95 Å². The molecule has 6 nitrogen and oxygen atoms in total. The Morgan fingerprint density at radius 1 is 1.11 bits per heavy atom. The van der Waals surface area contributed by atoms with E-state index < -0.39 is 0 Å². The number of hydrogen-bond donors (Lipinski definition) is 1. The lowest BCUT2D eigenvalue weighted by Gasteiger charge is -2.36. The molecule has 0 saturated carbocycles. The Morgan fingerprint density at radius 3 is 2.61 bits per heavy atom. The number of nitrogen functional groups attached to an aromatic ring is 1. The van der Waals surface area contributed by atoms with Gasteiger partial charge in [0.05, 0.1) is 11.7 Å². The maximum Gasteiger partial charge on any atom is 0.254 e. The molecule has 28 heavy (non-hydrogen) atoms. The molecule has 1 fully saturated rings. The van der Waals surface area contributed by atoms with Crippen LogP contribution in [0.1, 0.15) is 41.4 Å². The Labute approximate surface area is 162 Å². The number of benzene rings is 1. The van der Waals surface area contributed by atoms with Crippen LogP contribution in [-0.2, 0) is 0 Å². The van der Waals surface area contributed by atoms with Crippen LogP contribution in [0.3, 0.4) is 0 Å². The zero-order chi connectivity index (χ0) is 19.5. The van der Waals surface area contributed by atoms with Gasteiger partial charge in [-0.25, -0.2) is 14.4 Å². The number of carbonyl (C=O) groups excluding carboxylic acids is 1. The summed E-state index contributed by atoms with van der Waals surface area (Å²) < 4.78 is 13.4. The van der Waals surface area contributed by atoms with Gasteiger partial charge in [-0.2, -0.15) is 0 Å². The molecule has 1 atom stereocenters. The van der Waals surface area contributed by atoms with Gasteiger partial charge in [0.15, 0.2) is 0 Å². The maximum atomic E-state index is 13.4. The van der Waals surface area contributed by atoms with Crippen LogP contribution in [0.4, 0.5) is 10.3 Å². The van der Waals surface area contributed by atoms with Crippen molar-refractivity contribution >= 4 is 11.9 Å². The number of anilines is 1. The van der Waals surface area contributed by atoms with Gasteiger partial charge in [0, 0.05) is 36.3 Å². The summed E-state index contributed by atoms with van der Waals surface area (Å²) in [4.78, 5) is 27.6. The smallest absolute Gasteiger partial charge is 0.254 e. The Balaban J connectivity index is 1.76. The molecule has 1 amide bonds. The van der Waals surface area contributed by atoms with Crippen molar-refractivity contribution < 1.29 is 9.18 Å². The number of hydrogen-bond acceptors (Lipinski definition) is 5. The second-order valence-corrected chi connectivity index (χ2v) is 6.78.